The van der Waals surface area contributed by atoms with Crippen LogP contribution in [0.25, 0.3) is 0 Å². The smallest absolute Gasteiger partial charge is 0.270 e. The van der Waals surface area contributed by atoms with Gasteiger partial charge in [-0.1, -0.05) is 18.2 Å². The second-order valence-electron chi connectivity index (χ2n) is 9.17. The SMILES string of the molecule is Cc1c2c(n(Cc3ccc(F)c(F)c3)c1C(=O)N1CCN(c3ccccc3F)CC1)CCCC2. The first-order chi connectivity index (χ1) is 16.4. The molecule has 0 unspecified atom stereocenters. The van der Waals surface area contributed by atoms with Crippen molar-refractivity contribution in [2.24, 2.45) is 0 Å². The lowest BCUT2D eigenvalue weighted by Gasteiger charge is -2.36. The van der Waals surface area contributed by atoms with E-state index in [-0.39, 0.29) is 11.7 Å². The van der Waals surface area contributed by atoms with E-state index in [2.05, 4.69) is 0 Å². The molecule has 4 nitrogen and oxygen atoms in total. The number of para-hydroxylation sites is 1. The third-order valence-corrected chi connectivity index (χ3v) is 7.13. The molecule has 1 aliphatic heterocycles. The fourth-order valence-corrected chi connectivity index (χ4v) is 5.35. The van der Waals surface area contributed by atoms with Gasteiger partial charge < -0.3 is 14.4 Å². The highest BCUT2D eigenvalue weighted by Crippen LogP contribution is 2.32. The van der Waals surface area contributed by atoms with E-state index in [0.717, 1.165) is 43.0 Å². The van der Waals surface area contributed by atoms with Gasteiger partial charge in [0.1, 0.15) is 11.5 Å². The summed E-state index contributed by atoms with van der Waals surface area (Å²) < 4.78 is 43.6. The number of halogens is 3. The number of fused-ring (bicyclic) bond motifs is 1. The van der Waals surface area contributed by atoms with E-state index in [9.17, 15) is 18.0 Å². The van der Waals surface area contributed by atoms with Crippen molar-refractivity contribution >= 4 is 11.6 Å². The topological polar surface area (TPSA) is 28.5 Å². The molecule has 5 rings (SSSR count). The fraction of sp³-hybridized carbons (Fsp3) is 0.370. The molecule has 2 heterocycles. The lowest BCUT2D eigenvalue weighted by molar-refractivity contribution is 0.0735. The summed E-state index contributed by atoms with van der Waals surface area (Å²) in [7, 11) is 0. The minimum atomic E-state index is -0.882. The Kier molecular flexibility index (Phi) is 6.11. The van der Waals surface area contributed by atoms with Crippen LogP contribution >= 0.6 is 0 Å². The fourth-order valence-electron chi connectivity index (χ4n) is 5.35. The molecule has 0 radical (unpaired) electrons. The molecule has 0 spiro atoms. The molecule has 7 heteroatoms. The van der Waals surface area contributed by atoms with E-state index in [0.29, 0.717) is 49.7 Å². The Bertz CT molecular complexity index is 1230. The van der Waals surface area contributed by atoms with E-state index in [1.165, 1.54) is 17.7 Å². The lowest BCUT2D eigenvalue weighted by Crippen LogP contribution is -2.49. The van der Waals surface area contributed by atoms with Gasteiger partial charge in [-0.25, -0.2) is 13.2 Å². The van der Waals surface area contributed by atoms with Gasteiger partial charge in [-0.05, 0) is 73.6 Å². The summed E-state index contributed by atoms with van der Waals surface area (Å²) in [6.07, 6.45) is 3.92. The summed E-state index contributed by atoms with van der Waals surface area (Å²) in [6, 6.07) is 10.6. The Morgan fingerprint density at radius 1 is 0.882 bits per heavy atom. The molecular weight excluding hydrogens is 439 g/mol. The maximum absolute atomic E-state index is 14.2. The first-order valence-corrected chi connectivity index (χ1v) is 11.9. The van der Waals surface area contributed by atoms with Crippen LogP contribution in [-0.2, 0) is 19.4 Å². The summed E-state index contributed by atoms with van der Waals surface area (Å²) >= 11 is 0. The van der Waals surface area contributed by atoms with Crippen molar-refractivity contribution in [3.63, 3.8) is 0 Å². The zero-order chi connectivity index (χ0) is 23.8. The van der Waals surface area contributed by atoms with Gasteiger partial charge in [0.2, 0.25) is 0 Å². The van der Waals surface area contributed by atoms with E-state index < -0.39 is 11.6 Å². The summed E-state index contributed by atoms with van der Waals surface area (Å²) in [5, 5.41) is 0. The molecule has 1 amide bonds. The minimum Gasteiger partial charge on any atom is -0.366 e. The first-order valence-electron chi connectivity index (χ1n) is 11.9. The second kappa shape index (κ2) is 9.20. The van der Waals surface area contributed by atoms with Crippen molar-refractivity contribution in [2.75, 3.05) is 31.1 Å². The lowest BCUT2D eigenvalue weighted by atomic mass is 9.95. The van der Waals surface area contributed by atoms with Crippen molar-refractivity contribution in [1.82, 2.24) is 9.47 Å². The Balaban J connectivity index is 1.42. The molecule has 0 saturated carbocycles. The van der Waals surface area contributed by atoms with Gasteiger partial charge >= 0.3 is 0 Å². The zero-order valence-electron chi connectivity index (χ0n) is 19.3. The van der Waals surface area contributed by atoms with Crippen LogP contribution in [0.2, 0.25) is 0 Å². The molecule has 178 valence electrons. The molecule has 0 N–H and O–H groups in total. The quantitative estimate of drug-likeness (QED) is 0.534. The van der Waals surface area contributed by atoms with Gasteiger partial charge in [-0.2, -0.15) is 0 Å². The Hall–Kier alpha value is -3.22. The monoisotopic (exact) mass is 467 g/mol. The third kappa shape index (κ3) is 4.08. The van der Waals surface area contributed by atoms with E-state index in [1.54, 1.807) is 18.2 Å². The van der Waals surface area contributed by atoms with Crippen LogP contribution in [0.3, 0.4) is 0 Å². The number of aromatic nitrogens is 1. The van der Waals surface area contributed by atoms with Crippen LogP contribution in [0, 0.1) is 24.4 Å². The number of rotatable bonds is 4. The van der Waals surface area contributed by atoms with Gasteiger partial charge in [0.25, 0.3) is 5.91 Å². The third-order valence-electron chi connectivity index (χ3n) is 7.13. The molecule has 3 aromatic rings. The number of hydrogen-bond acceptors (Lipinski definition) is 2. The summed E-state index contributed by atoms with van der Waals surface area (Å²) in [5.74, 6) is -2.07. The average Bonchev–Trinajstić information content (AvgIpc) is 3.13. The molecule has 34 heavy (non-hydrogen) atoms. The molecule has 1 fully saturated rings. The number of carbonyl (C=O) groups is 1. The van der Waals surface area contributed by atoms with Crippen molar-refractivity contribution in [3.8, 4) is 0 Å². The van der Waals surface area contributed by atoms with E-state index in [4.69, 9.17) is 0 Å². The standard InChI is InChI=1S/C27H28F3N3O/c1-18-20-6-2-4-8-24(20)33(17-19-10-11-21(28)23(30)16-19)26(18)27(34)32-14-12-31(13-15-32)25-9-5-3-7-22(25)29/h3,5,7,9-11,16H,2,4,6,8,12-15,17H2,1H3. The normalized spacial score (nSPS) is 16.0. The highest BCUT2D eigenvalue weighted by Gasteiger charge is 2.31. The predicted octanol–water partition coefficient (Wildman–Crippen LogP) is 5.10. The first kappa shape index (κ1) is 22.6. The van der Waals surface area contributed by atoms with E-state index in [1.807, 2.05) is 27.4 Å². The van der Waals surface area contributed by atoms with Gasteiger partial charge in [0.15, 0.2) is 11.6 Å². The maximum Gasteiger partial charge on any atom is 0.270 e. The number of hydrogen-bond donors (Lipinski definition) is 0. The zero-order valence-corrected chi connectivity index (χ0v) is 19.3. The van der Waals surface area contributed by atoms with Gasteiger partial charge in [-0.3, -0.25) is 4.79 Å². The summed E-state index contributed by atoms with van der Waals surface area (Å²) in [6.45, 7) is 4.41. The molecular formula is C27H28F3N3O. The van der Waals surface area contributed by atoms with Crippen molar-refractivity contribution in [3.05, 3.63) is 88.0 Å². The number of nitrogens with zero attached hydrogens (tertiary/aromatic N) is 3. The van der Waals surface area contributed by atoms with Crippen molar-refractivity contribution < 1.29 is 18.0 Å². The van der Waals surface area contributed by atoms with Crippen LogP contribution in [-0.4, -0.2) is 41.6 Å². The number of anilines is 1. The predicted molar refractivity (Wildman–Crippen MR) is 126 cm³/mol. The van der Waals surface area contributed by atoms with Crippen molar-refractivity contribution in [1.29, 1.82) is 0 Å². The average molecular weight is 468 g/mol. The molecule has 1 saturated heterocycles. The minimum absolute atomic E-state index is 0.0531. The molecule has 2 aliphatic rings. The number of benzene rings is 2. The highest BCUT2D eigenvalue weighted by molar-refractivity contribution is 5.95. The van der Waals surface area contributed by atoms with Gasteiger partial charge in [-0.15, -0.1) is 0 Å². The van der Waals surface area contributed by atoms with Crippen LogP contribution in [0.1, 0.15) is 45.7 Å². The summed E-state index contributed by atoms with van der Waals surface area (Å²) in [5.41, 5.74) is 5.14. The number of amides is 1. The Labute approximate surface area is 197 Å². The molecule has 1 aromatic heterocycles. The largest absolute Gasteiger partial charge is 0.366 e. The number of carbonyl (C=O) groups excluding carboxylic acids is 1. The Morgan fingerprint density at radius 2 is 1.62 bits per heavy atom. The summed E-state index contributed by atoms with van der Waals surface area (Å²) in [4.78, 5) is 17.6. The molecule has 2 aromatic carbocycles. The van der Waals surface area contributed by atoms with Crippen LogP contribution in [0.4, 0.5) is 18.9 Å². The van der Waals surface area contributed by atoms with Gasteiger partial charge in [0.05, 0.1) is 5.69 Å². The molecule has 0 bridgehead atoms. The Morgan fingerprint density at radius 3 is 2.35 bits per heavy atom. The van der Waals surface area contributed by atoms with Gasteiger partial charge in [0, 0.05) is 38.4 Å². The highest BCUT2D eigenvalue weighted by atomic mass is 19.2. The molecule has 0 atom stereocenters. The van der Waals surface area contributed by atoms with Crippen molar-refractivity contribution in [2.45, 2.75) is 39.2 Å². The van der Waals surface area contributed by atoms with Crippen LogP contribution in [0.15, 0.2) is 42.5 Å². The second-order valence-corrected chi connectivity index (χ2v) is 9.17. The maximum atomic E-state index is 14.2. The molecule has 1 aliphatic carbocycles. The van der Waals surface area contributed by atoms with E-state index >= 15 is 0 Å². The van der Waals surface area contributed by atoms with Crippen LogP contribution in [0.5, 0.6) is 0 Å². The van der Waals surface area contributed by atoms with Crippen LogP contribution < -0.4 is 4.90 Å². The number of piperazine rings is 1.